The number of amides is 1. The SMILES string of the molecule is COc1ccc(N=C2CCCC(NC(=O)c3cccc(F)c3)/C2=C/N)cc1. The molecule has 0 saturated heterocycles. The topological polar surface area (TPSA) is 76.7 Å². The molecule has 1 aliphatic carbocycles. The van der Waals surface area contributed by atoms with E-state index in [2.05, 4.69) is 5.32 Å². The molecule has 5 nitrogen and oxygen atoms in total. The summed E-state index contributed by atoms with van der Waals surface area (Å²) in [5.41, 5.74) is 8.56. The molecule has 6 heteroatoms. The van der Waals surface area contributed by atoms with E-state index in [4.69, 9.17) is 15.5 Å². The Hall–Kier alpha value is -3.15. The third-order valence-corrected chi connectivity index (χ3v) is 4.52. The summed E-state index contributed by atoms with van der Waals surface area (Å²) in [7, 11) is 1.61. The largest absolute Gasteiger partial charge is 0.497 e. The Morgan fingerprint density at radius 2 is 2.07 bits per heavy atom. The Balaban J connectivity index is 1.78. The van der Waals surface area contributed by atoms with Crippen molar-refractivity contribution in [2.45, 2.75) is 25.3 Å². The van der Waals surface area contributed by atoms with Gasteiger partial charge in [-0.3, -0.25) is 9.79 Å². The van der Waals surface area contributed by atoms with Crippen LogP contribution in [-0.2, 0) is 0 Å². The molecule has 2 aromatic carbocycles. The number of carbonyl (C=O) groups is 1. The van der Waals surface area contributed by atoms with Gasteiger partial charge >= 0.3 is 0 Å². The van der Waals surface area contributed by atoms with Crippen molar-refractivity contribution in [3.63, 3.8) is 0 Å². The van der Waals surface area contributed by atoms with E-state index in [-0.39, 0.29) is 17.5 Å². The van der Waals surface area contributed by atoms with Gasteiger partial charge in [-0.25, -0.2) is 4.39 Å². The normalized spacial score (nSPS) is 19.9. The highest BCUT2D eigenvalue weighted by molar-refractivity contribution is 6.04. The zero-order valence-electron chi connectivity index (χ0n) is 15.1. The molecule has 1 aliphatic rings. The van der Waals surface area contributed by atoms with Crippen molar-refractivity contribution in [1.82, 2.24) is 5.32 Å². The molecule has 1 amide bonds. The van der Waals surface area contributed by atoms with E-state index in [9.17, 15) is 9.18 Å². The summed E-state index contributed by atoms with van der Waals surface area (Å²) in [6, 6.07) is 12.8. The summed E-state index contributed by atoms with van der Waals surface area (Å²) in [5, 5.41) is 2.94. The van der Waals surface area contributed by atoms with Crippen LogP contribution in [0.25, 0.3) is 0 Å². The fourth-order valence-electron chi connectivity index (χ4n) is 3.14. The number of nitrogens with one attached hydrogen (secondary N) is 1. The highest BCUT2D eigenvalue weighted by Gasteiger charge is 2.26. The maximum absolute atomic E-state index is 13.4. The number of ether oxygens (including phenoxy) is 1. The highest BCUT2D eigenvalue weighted by atomic mass is 19.1. The van der Waals surface area contributed by atoms with Crippen LogP contribution in [-0.4, -0.2) is 24.8 Å². The third kappa shape index (κ3) is 4.53. The quantitative estimate of drug-likeness (QED) is 0.864. The molecule has 0 spiro atoms. The van der Waals surface area contributed by atoms with Crippen molar-refractivity contribution in [1.29, 1.82) is 0 Å². The van der Waals surface area contributed by atoms with Gasteiger partial charge in [-0.15, -0.1) is 0 Å². The second kappa shape index (κ2) is 8.49. The van der Waals surface area contributed by atoms with Gasteiger partial charge in [0.2, 0.25) is 0 Å². The van der Waals surface area contributed by atoms with Gasteiger partial charge < -0.3 is 15.8 Å². The van der Waals surface area contributed by atoms with E-state index in [0.717, 1.165) is 42.0 Å². The summed E-state index contributed by atoms with van der Waals surface area (Å²) in [6.07, 6.45) is 3.91. The molecule has 1 saturated carbocycles. The fourth-order valence-corrected chi connectivity index (χ4v) is 3.14. The van der Waals surface area contributed by atoms with Gasteiger partial charge in [-0.05, 0) is 61.7 Å². The van der Waals surface area contributed by atoms with Crippen molar-refractivity contribution in [3.05, 3.63) is 71.7 Å². The van der Waals surface area contributed by atoms with E-state index >= 15 is 0 Å². The van der Waals surface area contributed by atoms with E-state index in [1.807, 2.05) is 24.3 Å². The molecule has 0 aliphatic heterocycles. The molecule has 1 atom stereocenters. The molecule has 1 fully saturated rings. The number of rotatable bonds is 4. The van der Waals surface area contributed by atoms with Crippen molar-refractivity contribution in [2.24, 2.45) is 10.7 Å². The van der Waals surface area contributed by atoms with Crippen LogP contribution in [0, 0.1) is 5.82 Å². The third-order valence-electron chi connectivity index (χ3n) is 4.52. The minimum Gasteiger partial charge on any atom is -0.497 e. The zero-order chi connectivity index (χ0) is 19.2. The summed E-state index contributed by atoms with van der Waals surface area (Å²) in [5.74, 6) is -0.00962. The van der Waals surface area contributed by atoms with Gasteiger partial charge in [0.1, 0.15) is 11.6 Å². The van der Waals surface area contributed by atoms with Crippen LogP contribution in [0.2, 0.25) is 0 Å². The predicted molar refractivity (Wildman–Crippen MR) is 104 cm³/mol. The summed E-state index contributed by atoms with van der Waals surface area (Å²) < 4.78 is 18.5. The van der Waals surface area contributed by atoms with Crippen LogP contribution < -0.4 is 15.8 Å². The molecular weight excluding hydrogens is 345 g/mol. The van der Waals surface area contributed by atoms with Gasteiger partial charge in [0.05, 0.1) is 18.8 Å². The number of hydrogen-bond donors (Lipinski definition) is 2. The summed E-state index contributed by atoms with van der Waals surface area (Å²) in [6.45, 7) is 0. The molecule has 3 N–H and O–H groups in total. The number of nitrogens with two attached hydrogens (primary N) is 1. The molecule has 2 aromatic rings. The lowest BCUT2D eigenvalue weighted by Crippen LogP contribution is -2.41. The van der Waals surface area contributed by atoms with Crippen LogP contribution >= 0.6 is 0 Å². The van der Waals surface area contributed by atoms with Crippen molar-refractivity contribution >= 4 is 17.3 Å². The van der Waals surface area contributed by atoms with E-state index in [1.54, 1.807) is 13.2 Å². The lowest BCUT2D eigenvalue weighted by atomic mass is 9.88. The minimum absolute atomic E-state index is 0.253. The standard InChI is InChI=1S/C21H22FN3O2/c1-27-17-10-8-16(9-11-17)24-19-6-3-7-20(18(19)13-23)25-21(26)14-4-2-5-15(22)12-14/h2,4-5,8-13,20H,3,6-7,23H2,1H3,(H,25,26)/b18-13+,24-19?. The second-order valence-electron chi connectivity index (χ2n) is 6.31. The predicted octanol–water partition coefficient (Wildman–Crippen LogP) is 3.73. The first-order chi connectivity index (χ1) is 13.1. The monoisotopic (exact) mass is 367 g/mol. The molecule has 0 aromatic heterocycles. The first-order valence-corrected chi connectivity index (χ1v) is 8.81. The Morgan fingerprint density at radius 3 is 2.74 bits per heavy atom. The van der Waals surface area contributed by atoms with Gasteiger partial charge in [0.15, 0.2) is 0 Å². The van der Waals surface area contributed by atoms with Crippen LogP contribution in [0.3, 0.4) is 0 Å². The van der Waals surface area contributed by atoms with Crippen molar-refractivity contribution < 1.29 is 13.9 Å². The van der Waals surface area contributed by atoms with Crippen molar-refractivity contribution in [3.8, 4) is 5.75 Å². The molecule has 27 heavy (non-hydrogen) atoms. The van der Waals surface area contributed by atoms with Crippen LogP contribution in [0.4, 0.5) is 10.1 Å². The lowest BCUT2D eigenvalue weighted by molar-refractivity contribution is 0.0940. The Kier molecular flexibility index (Phi) is 5.86. The highest BCUT2D eigenvalue weighted by Crippen LogP contribution is 2.26. The number of nitrogens with zero attached hydrogens (tertiary/aromatic N) is 1. The average molecular weight is 367 g/mol. The van der Waals surface area contributed by atoms with Crippen LogP contribution in [0.5, 0.6) is 5.75 Å². The summed E-state index contributed by atoms with van der Waals surface area (Å²) in [4.78, 5) is 17.2. The number of halogens is 1. The van der Waals surface area contributed by atoms with E-state index < -0.39 is 5.82 Å². The van der Waals surface area contributed by atoms with E-state index in [1.165, 1.54) is 24.4 Å². The number of carbonyl (C=O) groups excluding carboxylic acids is 1. The number of hydrogen-bond acceptors (Lipinski definition) is 4. The van der Waals surface area contributed by atoms with Crippen LogP contribution in [0.1, 0.15) is 29.6 Å². The number of methoxy groups -OCH3 is 1. The van der Waals surface area contributed by atoms with Gasteiger partial charge in [0, 0.05) is 23.0 Å². The maximum Gasteiger partial charge on any atom is 0.251 e. The molecular formula is C21H22FN3O2. The molecule has 0 heterocycles. The lowest BCUT2D eigenvalue weighted by Gasteiger charge is -2.27. The maximum atomic E-state index is 13.4. The smallest absolute Gasteiger partial charge is 0.251 e. The number of benzene rings is 2. The van der Waals surface area contributed by atoms with Crippen molar-refractivity contribution in [2.75, 3.05) is 7.11 Å². The fraction of sp³-hybridized carbons (Fsp3) is 0.238. The molecule has 140 valence electrons. The Labute approximate surface area is 157 Å². The van der Waals surface area contributed by atoms with Crippen LogP contribution in [0.15, 0.2) is 65.3 Å². The van der Waals surface area contributed by atoms with Gasteiger partial charge in [-0.1, -0.05) is 6.07 Å². The molecule has 0 bridgehead atoms. The first kappa shape index (κ1) is 18.6. The summed E-state index contributed by atoms with van der Waals surface area (Å²) >= 11 is 0. The zero-order valence-corrected chi connectivity index (χ0v) is 15.1. The van der Waals surface area contributed by atoms with Gasteiger partial charge in [-0.2, -0.15) is 0 Å². The Bertz CT molecular complexity index is 875. The number of aliphatic imine (C=N–C) groups is 1. The molecule has 1 unspecified atom stereocenters. The van der Waals surface area contributed by atoms with E-state index in [0.29, 0.717) is 0 Å². The molecule has 0 radical (unpaired) electrons. The minimum atomic E-state index is -0.442. The first-order valence-electron chi connectivity index (χ1n) is 8.81. The Morgan fingerprint density at radius 1 is 1.30 bits per heavy atom. The van der Waals surface area contributed by atoms with Gasteiger partial charge in [0.25, 0.3) is 5.91 Å². The second-order valence-corrected chi connectivity index (χ2v) is 6.31. The average Bonchev–Trinajstić information content (AvgIpc) is 2.69. The molecule has 3 rings (SSSR count).